The van der Waals surface area contributed by atoms with Gasteiger partial charge in [-0.2, -0.15) is 0 Å². The SMILES string of the molecule is CCOC(=O)c1c(C)[nH]c(C(=O)COC(=O)c2ccc(OC)cc2O)c1C. The van der Waals surface area contributed by atoms with Crippen LogP contribution in [0.3, 0.4) is 0 Å². The Morgan fingerprint density at radius 2 is 1.81 bits per heavy atom. The molecule has 0 amide bonds. The van der Waals surface area contributed by atoms with Gasteiger partial charge in [0.25, 0.3) is 0 Å². The first-order chi connectivity index (χ1) is 12.8. The number of hydrogen-bond donors (Lipinski definition) is 2. The predicted molar refractivity (Wildman–Crippen MR) is 95.5 cm³/mol. The van der Waals surface area contributed by atoms with Gasteiger partial charge in [0, 0.05) is 11.8 Å². The molecule has 27 heavy (non-hydrogen) atoms. The molecule has 1 aromatic carbocycles. The van der Waals surface area contributed by atoms with Crippen molar-refractivity contribution >= 4 is 17.7 Å². The van der Waals surface area contributed by atoms with Crippen molar-refractivity contribution in [1.82, 2.24) is 4.98 Å². The number of aromatic nitrogens is 1. The van der Waals surface area contributed by atoms with E-state index in [9.17, 15) is 19.5 Å². The number of carbonyl (C=O) groups is 3. The Kier molecular flexibility index (Phi) is 6.23. The highest BCUT2D eigenvalue weighted by Gasteiger charge is 2.24. The third-order valence-electron chi connectivity index (χ3n) is 3.96. The molecule has 0 aliphatic carbocycles. The normalized spacial score (nSPS) is 10.4. The first-order valence-corrected chi connectivity index (χ1v) is 8.23. The second-order valence-corrected chi connectivity index (χ2v) is 5.73. The molecule has 2 rings (SSSR count). The second-order valence-electron chi connectivity index (χ2n) is 5.73. The summed E-state index contributed by atoms with van der Waals surface area (Å²) in [4.78, 5) is 39.3. The second kappa shape index (κ2) is 8.39. The Bertz CT molecular complexity index is 882. The average molecular weight is 375 g/mol. The zero-order chi connectivity index (χ0) is 20.1. The molecule has 144 valence electrons. The van der Waals surface area contributed by atoms with Crippen LogP contribution in [0.5, 0.6) is 11.5 Å². The molecular formula is C19H21NO7. The average Bonchev–Trinajstić information content (AvgIpc) is 2.93. The minimum atomic E-state index is -0.852. The lowest BCUT2D eigenvalue weighted by molar-refractivity contribution is 0.0469. The molecule has 0 bridgehead atoms. The summed E-state index contributed by atoms with van der Waals surface area (Å²) in [6.45, 7) is 4.62. The molecule has 0 fully saturated rings. The molecule has 8 nitrogen and oxygen atoms in total. The quantitative estimate of drug-likeness (QED) is 0.564. The van der Waals surface area contributed by atoms with Gasteiger partial charge in [-0.05, 0) is 38.5 Å². The largest absolute Gasteiger partial charge is 0.507 e. The fourth-order valence-electron chi connectivity index (χ4n) is 2.63. The van der Waals surface area contributed by atoms with Crippen LogP contribution in [0, 0.1) is 13.8 Å². The molecule has 0 aliphatic rings. The smallest absolute Gasteiger partial charge is 0.342 e. The summed E-state index contributed by atoms with van der Waals surface area (Å²) in [5.41, 5.74) is 1.30. The van der Waals surface area contributed by atoms with Crippen molar-refractivity contribution < 1.29 is 33.7 Å². The molecule has 0 radical (unpaired) electrons. The third-order valence-corrected chi connectivity index (χ3v) is 3.96. The minimum Gasteiger partial charge on any atom is -0.507 e. The van der Waals surface area contributed by atoms with Crippen LogP contribution in [0.2, 0.25) is 0 Å². The van der Waals surface area contributed by atoms with Gasteiger partial charge in [-0.1, -0.05) is 0 Å². The number of rotatable bonds is 7. The van der Waals surface area contributed by atoms with Crippen LogP contribution >= 0.6 is 0 Å². The maximum atomic E-state index is 12.4. The Labute approximate surface area is 156 Å². The molecule has 0 saturated heterocycles. The monoisotopic (exact) mass is 375 g/mol. The number of aromatic amines is 1. The number of phenolic OH excluding ortho intramolecular Hbond substituents is 1. The van der Waals surface area contributed by atoms with Gasteiger partial charge in [0.15, 0.2) is 6.61 Å². The van der Waals surface area contributed by atoms with E-state index in [1.165, 1.54) is 25.3 Å². The maximum Gasteiger partial charge on any atom is 0.342 e. The minimum absolute atomic E-state index is 0.0878. The van der Waals surface area contributed by atoms with Gasteiger partial charge in [0.2, 0.25) is 5.78 Å². The molecule has 0 aliphatic heterocycles. The summed E-state index contributed by atoms with van der Waals surface area (Å²) in [7, 11) is 1.43. The van der Waals surface area contributed by atoms with Crippen LogP contribution in [0.25, 0.3) is 0 Å². The summed E-state index contributed by atoms with van der Waals surface area (Å²) < 4.78 is 14.9. The Balaban J connectivity index is 2.11. The lowest BCUT2D eigenvalue weighted by Gasteiger charge is -2.07. The molecule has 0 atom stereocenters. The van der Waals surface area contributed by atoms with Crippen molar-refractivity contribution in [3.8, 4) is 11.5 Å². The molecule has 0 spiro atoms. The summed E-state index contributed by atoms with van der Waals surface area (Å²) in [5.74, 6) is -1.82. The molecule has 1 heterocycles. The molecule has 1 aromatic heterocycles. The van der Waals surface area contributed by atoms with Crippen LogP contribution in [-0.4, -0.2) is 48.1 Å². The van der Waals surface area contributed by atoms with Crippen molar-refractivity contribution in [1.29, 1.82) is 0 Å². The number of benzene rings is 1. The van der Waals surface area contributed by atoms with E-state index < -0.39 is 24.3 Å². The van der Waals surface area contributed by atoms with Crippen LogP contribution in [-0.2, 0) is 9.47 Å². The molecule has 0 saturated carbocycles. The predicted octanol–water partition coefficient (Wildman–Crippen LogP) is 2.56. The number of hydrogen-bond acceptors (Lipinski definition) is 7. The van der Waals surface area contributed by atoms with Crippen molar-refractivity contribution in [3.63, 3.8) is 0 Å². The van der Waals surface area contributed by atoms with E-state index in [2.05, 4.69) is 4.98 Å². The van der Waals surface area contributed by atoms with E-state index in [4.69, 9.17) is 14.2 Å². The number of ketones is 1. The fourth-order valence-corrected chi connectivity index (χ4v) is 2.63. The fraction of sp³-hybridized carbons (Fsp3) is 0.316. The van der Waals surface area contributed by atoms with Gasteiger partial charge in [0.05, 0.1) is 25.0 Å². The van der Waals surface area contributed by atoms with E-state index >= 15 is 0 Å². The van der Waals surface area contributed by atoms with Crippen LogP contribution < -0.4 is 4.74 Å². The van der Waals surface area contributed by atoms with Gasteiger partial charge in [-0.3, -0.25) is 4.79 Å². The van der Waals surface area contributed by atoms with Crippen molar-refractivity contribution in [2.75, 3.05) is 20.3 Å². The Morgan fingerprint density at radius 1 is 1.11 bits per heavy atom. The first kappa shape index (κ1) is 20.0. The first-order valence-electron chi connectivity index (χ1n) is 8.23. The molecule has 0 unspecified atom stereocenters. The Morgan fingerprint density at radius 3 is 2.41 bits per heavy atom. The van der Waals surface area contributed by atoms with Gasteiger partial charge >= 0.3 is 11.9 Å². The van der Waals surface area contributed by atoms with Crippen molar-refractivity contribution in [2.24, 2.45) is 0 Å². The standard InChI is InChI=1S/C19H21NO7/c1-5-26-19(24)16-10(2)17(20-11(16)3)15(22)9-27-18(23)13-7-6-12(25-4)8-14(13)21/h6-8,20-21H,5,9H2,1-4H3. The van der Waals surface area contributed by atoms with E-state index in [1.54, 1.807) is 20.8 Å². The number of esters is 2. The lowest BCUT2D eigenvalue weighted by atomic mass is 10.1. The van der Waals surface area contributed by atoms with Crippen molar-refractivity contribution in [3.05, 3.63) is 46.3 Å². The van der Waals surface area contributed by atoms with E-state index in [0.717, 1.165) is 0 Å². The molecule has 2 N–H and O–H groups in total. The molecule has 8 heteroatoms. The summed E-state index contributed by atoms with van der Waals surface area (Å²) >= 11 is 0. The van der Waals surface area contributed by atoms with Gasteiger partial charge in [0.1, 0.15) is 17.1 Å². The number of methoxy groups -OCH3 is 1. The van der Waals surface area contributed by atoms with Gasteiger partial charge in [-0.25, -0.2) is 9.59 Å². The van der Waals surface area contributed by atoms with E-state index in [1.807, 2.05) is 0 Å². The van der Waals surface area contributed by atoms with Gasteiger partial charge in [-0.15, -0.1) is 0 Å². The Hall–Kier alpha value is -3.29. The van der Waals surface area contributed by atoms with Crippen LogP contribution in [0.4, 0.5) is 0 Å². The van der Waals surface area contributed by atoms with E-state index in [-0.39, 0.29) is 23.6 Å². The zero-order valence-corrected chi connectivity index (χ0v) is 15.5. The summed E-state index contributed by atoms with van der Waals surface area (Å²) in [6.07, 6.45) is 0. The maximum absolute atomic E-state index is 12.4. The van der Waals surface area contributed by atoms with Crippen molar-refractivity contribution in [2.45, 2.75) is 20.8 Å². The number of H-pyrrole nitrogens is 1. The number of Topliss-reactive ketones (excluding diaryl/α,β-unsaturated/α-hetero) is 1. The highest BCUT2D eigenvalue weighted by molar-refractivity contribution is 6.03. The number of phenols is 1. The van der Waals surface area contributed by atoms with E-state index in [0.29, 0.717) is 22.6 Å². The summed E-state index contributed by atoms with van der Waals surface area (Å²) in [6, 6.07) is 4.09. The number of aromatic hydroxyl groups is 1. The number of carbonyl (C=O) groups excluding carboxylic acids is 3. The number of nitrogens with one attached hydrogen (secondary N) is 1. The molecular weight excluding hydrogens is 354 g/mol. The number of ether oxygens (including phenoxy) is 3. The highest BCUT2D eigenvalue weighted by atomic mass is 16.5. The zero-order valence-electron chi connectivity index (χ0n) is 15.5. The topological polar surface area (TPSA) is 115 Å². The molecule has 2 aromatic rings. The lowest BCUT2D eigenvalue weighted by Crippen LogP contribution is -2.16. The van der Waals surface area contributed by atoms with Gasteiger partial charge < -0.3 is 24.3 Å². The summed E-state index contributed by atoms with van der Waals surface area (Å²) in [5, 5.41) is 9.85. The number of aryl methyl sites for hydroxylation is 1. The third kappa shape index (κ3) is 4.28. The van der Waals surface area contributed by atoms with Crippen LogP contribution in [0.15, 0.2) is 18.2 Å². The van der Waals surface area contributed by atoms with Crippen LogP contribution in [0.1, 0.15) is 49.4 Å². The highest BCUT2D eigenvalue weighted by Crippen LogP contribution is 2.24.